The van der Waals surface area contributed by atoms with Crippen LogP contribution in [-0.2, 0) is 0 Å². The maximum Gasteiger partial charge on any atom is 0.229 e. The average molecular weight is 396 g/mol. The van der Waals surface area contributed by atoms with Gasteiger partial charge in [-0.05, 0) is 37.9 Å². The van der Waals surface area contributed by atoms with E-state index in [-0.39, 0.29) is 22.5 Å². The Morgan fingerprint density at radius 2 is 1.30 bits per heavy atom. The first-order valence-electron chi connectivity index (χ1n) is 5.65. The molecule has 5 heteroatoms. The molecule has 0 saturated carbocycles. The van der Waals surface area contributed by atoms with Crippen LogP contribution in [0.2, 0.25) is 0 Å². The smallest absolute Gasteiger partial charge is 0.229 e. The fourth-order valence-corrected chi connectivity index (χ4v) is 2.62. The van der Waals surface area contributed by atoms with Crippen molar-refractivity contribution in [2.45, 2.75) is 0 Å². The fourth-order valence-electron chi connectivity index (χ4n) is 1.86. The van der Waals surface area contributed by atoms with E-state index >= 15 is 0 Å². The highest BCUT2D eigenvalue weighted by Crippen LogP contribution is 2.23. The lowest BCUT2D eigenvalue weighted by atomic mass is 9.96. The minimum Gasteiger partial charge on any atom is -0.289 e. The van der Waals surface area contributed by atoms with E-state index in [1.54, 1.807) is 36.4 Å². The molecule has 100 valence electrons. The van der Waals surface area contributed by atoms with Crippen LogP contribution in [0.5, 0.6) is 0 Å². The van der Waals surface area contributed by atoms with E-state index in [1.165, 1.54) is 12.1 Å². The topological polar surface area (TPSA) is 51.2 Å². The van der Waals surface area contributed by atoms with Crippen LogP contribution in [0.4, 0.5) is 0 Å². The van der Waals surface area contributed by atoms with E-state index in [4.69, 9.17) is 0 Å². The van der Waals surface area contributed by atoms with Gasteiger partial charge in [0.2, 0.25) is 9.39 Å². The first-order chi connectivity index (χ1) is 9.52. The molecule has 0 amide bonds. The number of ketones is 1. The van der Waals surface area contributed by atoms with Gasteiger partial charge in [-0.15, -0.1) is 0 Å². The van der Waals surface area contributed by atoms with Crippen molar-refractivity contribution in [1.82, 2.24) is 0 Å². The van der Waals surface area contributed by atoms with Gasteiger partial charge in [-0.3, -0.25) is 14.4 Å². The third-order valence-corrected chi connectivity index (χ3v) is 3.58. The zero-order valence-corrected chi connectivity index (χ0v) is 13.3. The second-order valence-electron chi connectivity index (χ2n) is 3.97. The molecule has 0 saturated heterocycles. The van der Waals surface area contributed by atoms with E-state index in [9.17, 15) is 14.4 Å². The van der Waals surface area contributed by atoms with E-state index in [0.29, 0.717) is 5.56 Å². The van der Waals surface area contributed by atoms with Crippen molar-refractivity contribution in [2.75, 3.05) is 0 Å². The number of carbonyl (C=O) groups is 3. The summed E-state index contributed by atoms with van der Waals surface area (Å²) in [4.78, 5) is 35.7. The Labute approximate surface area is 132 Å². The minimum absolute atomic E-state index is 0.0724. The quantitative estimate of drug-likeness (QED) is 0.581. The van der Waals surface area contributed by atoms with E-state index < -0.39 is 9.39 Å². The number of benzene rings is 2. The monoisotopic (exact) mass is 394 g/mol. The van der Waals surface area contributed by atoms with Crippen LogP contribution in [0.3, 0.4) is 0 Å². The molecule has 2 rings (SSSR count). The maximum atomic E-state index is 12.4. The van der Waals surface area contributed by atoms with Crippen LogP contribution < -0.4 is 0 Å². The molecule has 0 aliphatic rings. The van der Waals surface area contributed by atoms with Crippen molar-refractivity contribution in [3.05, 3.63) is 70.8 Å². The number of halogens is 2. The van der Waals surface area contributed by atoms with Gasteiger partial charge in [-0.1, -0.05) is 42.5 Å². The number of hydrogen-bond acceptors (Lipinski definition) is 3. The minimum atomic E-state index is -0.500. The van der Waals surface area contributed by atoms with Crippen molar-refractivity contribution in [1.29, 1.82) is 0 Å². The summed E-state index contributed by atoms with van der Waals surface area (Å²) in [7, 11) is 0. The summed E-state index contributed by atoms with van der Waals surface area (Å²) in [6.45, 7) is 0. The lowest BCUT2D eigenvalue weighted by Crippen LogP contribution is -2.11. The van der Waals surface area contributed by atoms with Gasteiger partial charge in [0.1, 0.15) is 0 Å². The molecular formula is C15H8Br2O3. The summed E-state index contributed by atoms with van der Waals surface area (Å²) >= 11 is 5.65. The van der Waals surface area contributed by atoms with Crippen LogP contribution in [0.25, 0.3) is 0 Å². The Balaban J connectivity index is 2.63. The Morgan fingerprint density at radius 3 is 1.85 bits per heavy atom. The lowest BCUT2D eigenvalue weighted by molar-refractivity contribution is 0.102. The summed E-state index contributed by atoms with van der Waals surface area (Å²) in [5.41, 5.74) is 0.891. The Hall–Kier alpha value is -1.59. The molecule has 0 atom stereocenters. The first-order valence-corrected chi connectivity index (χ1v) is 7.23. The average Bonchev–Trinajstić information content (AvgIpc) is 2.46. The highest BCUT2D eigenvalue weighted by molar-refractivity contribution is 9.18. The molecule has 0 fully saturated rings. The van der Waals surface area contributed by atoms with Gasteiger partial charge in [0, 0.05) is 16.7 Å². The molecule has 20 heavy (non-hydrogen) atoms. The zero-order chi connectivity index (χ0) is 14.7. The van der Waals surface area contributed by atoms with Gasteiger partial charge in [0.25, 0.3) is 0 Å². The van der Waals surface area contributed by atoms with Crippen LogP contribution in [-0.4, -0.2) is 15.2 Å². The normalized spacial score (nSPS) is 10.1. The predicted octanol–water partition coefficient (Wildman–Crippen LogP) is 3.99. The number of carbonyl (C=O) groups excluding carboxylic acids is 3. The van der Waals surface area contributed by atoms with Crippen molar-refractivity contribution in [3.8, 4) is 0 Å². The second kappa shape index (κ2) is 6.24. The first kappa shape index (κ1) is 14.8. The Bertz CT molecular complexity index is 694. The van der Waals surface area contributed by atoms with Gasteiger partial charge in [0.15, 0.2) is 5.78 Å². The third kappa shape index (κ3) is 2.94. The van der Waals surface area contributed by atoms with Crippen molar-refractivity contribution in [2.24, 2.45) is 0 Å². The van der Waals surface area contributed by atoms with Crippen molar-refractivity contribution in [3.63, 3.8) is 0 Å². The van der Waals surface area contributed by atoms with Crippen LogP contribution in [0.15, 0.2) is 48.5 Å². The van der Waals surface area contributed by atoms with Gasteiger partial charge in [-0.25, -0.2) is 0 Å². The molecule has 0 radical (unpaired) electrons. The second-order valence-corrected chi connectivity index (χ2v) is 5.41. The number of hydrogen-bond donors (Lipinski definition) is 0. The summed E-state index contributed by atoms with van der Waals surface area (Å²) < 4.78 is -0.941. The zero-order valence-electron chi connectivity index (χ0n) is 10.1. The largest absolute Gasteiger partial charge is 0.289 e. The molecule has 0 N–H and O–H groups in total. The van der Waals surface area contributed by atoms with Gasteiger partial charge < -0.3 is 0 Å². The van der Waals surface area contributed by atoms with Crippen LogP contribution >= 0.6 is 31.9 Å². The molecule has 0 aromatic heterocycles. The van der Waals surface area contributed by atoms with E-state index in [0.717, 1.165) is 0 Å². The number of rotatable bonds is 4. The molecule has 3 nitrogen and oxygen atoms in total. The summed E-state index contributed by atoms with van der Waals surface area (Å²) in [6, 6.07) is 13.2. The predicted molar refractivity (Wildman–Crippen MR) is 82.8 cm³/mol. The Kier molecular flexibility index (Phi) is 4.62. The standard InChI is InChI=1S/C15H8Br2O3/c16-14(19)11-8-4-7-10(12(11)15(17)20)13(18)9-5-2-1-3-6-9/h1-8H. The maximum absolute atomic E-state index is 12.4. The van der Waals surface area contributed by atoms with Gasteiger partial charge in [0.05, 0.1) is 5.56 Å². The van der Waals surface area contributed by atoms with E-state index in [1.807, 2.05) is 0 Å². The van der Waals surface area contributed by atoms with Crippen molar-refractivity contribution < 1.29 is 14.4 Å². The molecular weight excluding hydrogens is 388 g/mol. The SMILES string of the molecule is O=C(Br)c1cccc(C(=O)c2ccccc2)c1C(=O)Br. The fraction of sp³-hybridized carbons (Fsp3) is 0. The highest BCUT2D eigenvalue weighted by Gasteiger charge is 2.22. The molecule has 0 aliphatic carbocycles. The van der Waals surface area contributed by atoms with Crippen LogP contribution in [0, 0.1) is 0 Å². The molecule has 0 aliphatic heterocycles. The molecule has 0 bridgehead atoms. The Morgan fingerprint density at radius 1 is 0.700 bits per heavy atom. The highest BCUT2D eigenvalue weighted by atomic mass is 79.9. The molecule has 2 aromatic rings. The third-order valence-electron chi connectivity index (χ3n) is 2.75. The molecule has 0 spiro atoms. The molecule has 0 unspecified atom stereocenters. The van der Waals surface area contributed by atoms with Crippen molar-refractivity contribution >= 4 is 47.0 Å². The summed E-state index contributed by atoms with van der Waals surface area (Å²) in [5.74, 6) is -0.302. The summed E-state index contributed by atoms with van der Waals surface area (Å²) in [5, 5.41) is 0. The molecule has 2 aromatic carbocycles. The lowest BCUT2D eigenvalue weighted by Gasteiger charge is -2.08. The van der Waals surface area contributed by atoms with Gasteiger partial charge >= 0.3 is 0 Å². The van der Waals surface area contributed by atoms with E-state index in [2.05, 4.69) is 31.9 Å². The van der Waals surface area contributed by atoms with Gasteiger partial charge in [-0.2, -0.15) is 0 Å². The van der Waals surface area contributed by atoms with Crippen LogP contribution in [0.1, 0.15) is 36.6 Å². The summed E-state index contributed by atoms with van der Waals surface area (Å²) in [6.07, 6.45) is 0. The molecule has 0 heterocycles.